The molecule has 0 unspecified atom stereocenters. The monoisotopic (exact) mass is 148 g/mol. The van der Waals surface area contributed by atoms with Crippen LogP contribution in [0.1, 0.15) is 27.7 Å². The minimum absolute atomic E-state index is 0.571. The van der Waals surface area contributed by atoms with Gasteiger partial charge in [0.2, 0.25) is 0 Å². The van der Waals surface area contributed by atoms with E-state index in [0.717, 1.165) is 11.8 Å². The van der Waals surface area contributed by atoms with Crippen molar-refractivity contribution >= 4 is 0 Å². The minimum Gasteiger partial charge on any atom is -0.0799 e. The van der Waals surface area contributed by atoms with E-state index in [1.54, 1.807) is 5.57 Å². The summed E-state index contributed by atoms with van der Waals surface area (Å²) < 4.78 is 0. The van der Waals surface area contributed by atoms with E-state index in [1.165, 1.54) is 5.57 Å². The zero-order chi connectivity index (χ0) is 8.22. The van der Waals surface area contributed by atoms with Crippen LogP contribution in [0.25, 0.3) is 0 Å². The maximum Gasteiger partial charge on any atom is -0.00372 e. The molecule has 0 nitrogen and oxygen atoms in total. The van der Waals surface area contributed by atoms with Gasteiger partial charge in [0.25, 0.3) is 0 Å². The zero-order valence-electron chi connectivity index (χ0n) is 7.81. The summed E-state index contributed by atoms with van der Waals surface area (Å²) in [5, 5.41) is 0. The van der Waals surface area contributed by atoms with E-state index in [1.807, 2.05) is 0 Å². The summed E-state index contributed by atoms with van der Waals surface area (Å²) in [6.45, 7) is 9.18. The molecule has 11 heavy (non-hydrogen) atoms. The highest BCUT2D eigenvalue weighted by molar-refractivity contribution is 5.44. The molecule has 2 aliphatic carbocycles. The lowest BCUT2D eigenvalue weighted by atomic mass is 9.98. The molecule has 0 aromatic carbocycles. The van der Waals surface area contributed by atoms with Crippen LogP contribution in [0.4, 0.5) is 0 Å². The van der Waals surface area contributed by atoms with Gasteiger partial charge in [-0.05, 0) is 36.7 Å². The number of allylic oxidation sites excluding steroid dienone is 4. The molecule has 2 atom stereocenters. The Morgan fingerprint density at radius 2 is 2.00 bits per heavy atom. The van der Waals surface area contributed by atoms with Crippen molar-refractivity contribution in [2.75, 3.05) is 0 Å². The normalized spacial score (nSPS) is 37.3. The standard InChI is InChI=1S/C11H16/c1-7(2)8-5-6-9-10(8)11(9,3)4/h5-6,9-10H,1-4H3/t9-,10+/m1/s1. The first kappa shape index (κ1) is 7.15. The Bertz CT molecular complexity index is 249. The molecule has 60 valence electrons. The van der Waals surface area contributed by atoms with E-state index >= 15 is 0 Å². The second-order valence-corrected chi connectivity index (χ2v) is 4.64. The van der Waals surface area contributed by atoms with Crippen molar-refractivity contribution in [1.29, 1.82) is 0 Å². The van der Waals surface area contributed by atoms with Gasteiger partial charge in [0.1, 0.15) is 0 Å². The van der Waals surface area contributed by atoms with Crippen molar-refractivity contribution < 1.29 is 0 Å². The SMILES string of the molecule is CC(C)=C1C=C[C@@H]2[C@H]1C2(C)C. The molecule has 0 heterocycles. The van der Waals surface area contributed by atoms with Crippen LogP contribution in [0.5, 0.6) is 0 Å². The van der Waals surface area contributed by atoms with Gasteiger partial charge < -0.3 is 0 Å². The Morgan fingerprint density at radius 3 is 2.27 bits per heavy atom. The maximum atomic E-state index is 2.38. The fraction of sp³-hybridized carbons (Fsp3) is 0.636. The number of fused-ring (bicyclic) bond motifs is 1. The highest BCUT2D eigenvalue weighted by atomic mass is 14.6. The highest BCUT2D eigenvalue weighted by Gasteiger charge is 2.59. The van der Waals surface area contributed by atoms with Crippen LogP contribution in [0, 0.1) is 17.3 Å². The van der Waals surface area contributed by atoms with E-state index in [2.05, 4.69) is 39.8 Å². The van der Waals surface area contributed by atoms with Gasteiger partial charge in [0, 0.05) is 0 Å². The molecular weight excluding hydrogens is 132 g/mol. The first-order valence-corrected chi connectivity index (χ1v) is 4.40. The maximum absolute atomic E-state index is 2.38. The topological polar surface area (TPSA) is 0 Å². The Labute approximate surface area is 69.0 Å². The largest absolute Gasteiger partial charge is 0.0799 e. The van der Waals surface area contributed by atoms with Crippen molar-refractivity contribution in [2.45, 2.75) is 27.7 Å². The van der Waals surface area contributed by atoms with Crippen molar-refractivity contribution in [3.63, 3.8) is 0 Å². The number of hydrogen-bond donors (Lipinski definition) is 0. The number of rotatable bonds is 0. The first-order valence-electron chi connectivity index (χ1n) is 4.40. The minimum atomic E-state index is 0.571. The fourth-order valence-corrected chi connectivity index (χ4v) is 2.42. The third-order valence-electron chi connectivity index (χ3n) is 3.31. The molecule has 0 bridgehead atoms. The third kappa shape index (κ3) is 0.756. The number of hydrogen-bond acceptors (Lipinski definition) is 0. The quantitative estimate of drug-likeness (QED) is 0.495. The average molecular weight is 148 g/mol. The highest BCUT2D eigenvalue weighted by Crippen LogP contribution is 2.66. The summed E-state index contributed by atoms with van der Waals surface area (Å²) in [6, 6.07) is 0. The second-order valence-electron chi connectivity index (χ2n) is 4.64. The molecule has 0 spiro atoms. The first-order chi connectivity index (χ1) is 5.05. The lowest BCUT2D eigenvalue weighted by Crippen LogP contribution is -1.95. The lowest BCUT2D eigenvalue weighted by Gasteiger charge is -2.06. The van der Waals surface area contributed by atoms with Crippen LogP contribution < -0.4 is 0 Å². The van der Waals surface area contributed by atoms with E-state index in [9.17, 15) is 0 Å². The third-order valence-corrected chi connectivity index (χ3v) is 3.31. The fourth-order valence-electron chi connectivity index (χ4n) is 2.42. The summed E-state index contributed by atoms with van der Waals surface area (Å²) in [5.41, 5.74) is 3.67. The van der Waals surface area contributed by atoms with Gasteiger partial charge in [0.15, 0.2) is 0 Å². The molecule has 0 radical (unpaired) electrons. The average Bonchev–Trinajstić information content (AvgIpc) is 2.34. The van der Waals surface area contributed by atoms with Crippen molar-refractivity contribution in [3.05, 3.63) is 23.3 Å². The van der Waals surface area contributed by atoms with Crippen LogP contribution in [-0.2, 0) is 0 Å². The molecule has 0 aromatic rings. The molecule has 0 aromatic heterocycles. The van der Waals surface area contributed by atoms with Crippen molar-refractivity contribution in [3.8, 4) is 0 Å². The zero-order valence-corrected chi connectivity index (χ0v) is 7.81. The van der Waals surface area contributed by atoms with E-state index < -0.39 is 0 Å². The summed E-state index contributed by atoms with van der Waals surface area (Å²) in [7, 11) is 0. The predicted molar refractivity (Wildman–Crippen MR) is 48.3 cm³/mol. The Hall–Kier alpha value is -0.520. The molecular formula is C11H16. The predicted octanol–water partition coefficient (Wildman–Crippen LogP) is 3.16. The van der Waals surface area contributed by atoms with Crippen LogP contribution >= 0.6 is 0 Å². The summed E-state index contributed by atoms with van der Waals surface area (Å²) >= 11 is 0. The smallest absolute Gasteiger partial charge is 0.00372 e. The molecule has 2 aliphatic rings. The molecule has 1 fully saturated rings. The molecule has 0 saturated heterocycles. The molecule has 0 N–H and O–H groups in total. The van der Waals surface area contributed by atoms with E-state index in [4.69, 9.17) is 0 Å². The van der Waals surface area contributed by atoms with Gasteiger partial charge >= 0.3 is 0 Å². The second kappa shape index (κ2) is 1.80. The summed E-state index contributed by atoms with van der Waals surface area (Å²) in [4.78, 5) is 0. The Balaban J connectivity index is 2.35. The van der Waals surface area contributed by atoms with Crippen molar-refractivity contribution in [1.82, 2.24) is 0 Å². The molecule has 0 aliphatic heterocycles. The van der Waals surface area contributed by atoms with Gasteiger partial charge in [-0.3, -0.25) is 0 Å². The molecule has 2 rings (SSSR count). The van der Waals surface area contributed by atoms with Gasteiger partial charge in [-0.1, -0.05) is 31.6 Å². The van der Waals surface area contributed by atoms with Gasteiger partial charge in [0.05, 0.1) is 0 Å². The van der Waals surface area contributed by atoms with Crippen LogP contribution in [0.15, 0.2) is 23.3 Å². The molecule has 1 saturated carbocycles. The van der Waals surface area contributed by atoms with Crippen molar-refractivity contribution in [2.24, 2.45) is 17.3 Å². The molecule has 0 heteroatoms. The van der Waals surface area contributed by atoms with Gasteiger partial charge in [-0.2, -0.15) is 0 Å². The van der Waals surface area contributed by atoms with Gasteiger partial charge in [-0.25, -0.2) is 0 Å². The van der Waals surface area contributed by atoms with Gasteiger partial charge in [-0.15, -0.1) is 0 Å². The summed E-state index contributed by atoms with van der Waals surface area (Å²) in [5.74, 6) is 1.71. The Kier molecular flexibility index (Phi) is 1.17. The van der Waals surface area contributed by atoms with Crippen LogP contribution in [0.3, 0.4) is 0 Å². The summed E-state index contributed by atoms with van der Waals surface area (Å²) in [6.07, 6.45) is 4.70. The van der Waals surface area contributed by atoms with E-state index in [-0.39, 0.29) is 0 Å². The van der Waals surface area contributed by atoms with E-state index in [0.29, 0.717) is 5.41 Å². The Morgan fingerprint density at radius 1 is 1.36 bits per heavy atom. The molecule has 0 amide bonds. The van der Waals surface area contributed by atoms with Crippen LogP contribution in [0.2, 0.25) is 0 Å². The van der Waals surface area contributed by atoms with Crippen LogP contribution in [-0.4, -0.2) is 0 Å². The lowest BCUT2D eigenvalue weighted by molar-refractivity contribution is 0.573.